The predicted octanol–water partition coefficient (Wildman–Crippen LogP) is 8.14. The second-order valence-electron chi connectivity index (χ2n) is 8.28. The lowest BCUT2D eigenvalue weighted by atomic mass is 10.0. The zero-order chi connectivity index (χ0) is 26.4. The summed E-state index contributed by atoms with van der Waals surface area (Å²) >= 11 is 0. The van der Waals surface area contributed by atoms with Crippen LogP contribution in [0, 0.1) is 5.92 Å². The summed E-state index contributed by atoms with van der Waals surface area (Å²) in [5, 5.41) is 21.4. The summed E-state index contributed by atoms with van der Waals surface area (Å²) in [4.78, 5) is 23.7. The van der Waals surface area contributed by atoms with E-state index in [2.05, 4.69) is 73.0 Å². The molecule has 0 saturated carbocycles. The number of amides is 1. The highest BCUT2D eigenvalue weighted by Gasteiger charge is 2.17. The van der Waals surface area contributed by atoms with Gasteiger partial charge in [0.25, 0.3) is 0 Å². The summed E-state index contributed by atoms with van der Waals surface area (Å²) in [5.41, 5.74) is 0.120. The number of allylic oxidation sites excluding steroid dienone is 12. The largest absolute Gasteiger partial charge is 0.507 e. The maximum atomic E-state index is 12.5. The Morgan fingerprint density at radius 2 is 1.25 bits per heavy atom. The molecule has 1 aromatic rings. The zero-order valence-corrected chi connectivity index (χ0v) is 21.6. The Labute approximate surface area is 216 Å². The van der Waals surface area contributed by atoms with Gasteiger partial charge in [0.1, 0.15) is 11.3 Å². The number of nitrogens with one attached hydrogen (secondary N) is 1. The summed E-state index contributed by atoms with van der Waals surface area (Å²) in [5.74, 6) is -1.95. The minimum atomic E-state index is -1.24. The molecule has 0 aromatic heterocycles. The molecule has 0 spiro atoms. The maximum absolute atomic E-state index is 12.5. The number of carboxylic acid groups (broad SMARTS) is 1. The van der Waals surface area contributed by atoms with E-state index in [9.17, 15) is 14.7 Å². The van der Waals surface area contributed by atoms with Crippen LogP contribution in [0.3, 0.4) is 0 Å². The van der Waals surface area contributed by atoms with Gasteiger partial charge in [0, 0.05) is 11.6 Å². The number of phenols is 1. The lowest BCUT2D eigenvalue weighted by Crippen LogP contribution is -2.22. The van der Waals surface area contributed by atoms with Crippen LogP contribution in [0.4, 0.5) is 5.69 Å². The molecule has 5 heteroatoms. The number of hydrogen-bond acceptors (Lipinski definition) is 3. The monoisotopic (exact) mass is 491 g/mol. The molecule has 1 rings (SSSR count). The Kier molecular flexibility index (Phi) is 16.6. The number of anilines is 1. The lowest BCUT2D eigenvalue weighted by molar-refractivity contribution is -0.119. The number of aromatic carboxylic acids is 1. The average Bonchev–Trinajstić information content (AvgIpc) is 2.86. The molecule has 0 aliphatic carbocycles. The minimum Gasteiger partial charge on any atom is -0.507 e. The molecule has 5 nitrogen and oxygen atoms in total. The van der Waals surface area contributed by atoms with Crippen molar-refractivity contribution in [1.29, 1.82) is 0 Å². The van der Waals surface area contributed by atoms with Crippen molar-refractivity contribution < 1.29 is 19.8 Å². The van der Waals surface area contributed by atoms with E-state index < -0.39 is 5.97 Å². The Hall–Kier alpha value is -3.60. The van der Waals surface area contributed by atoms with Crippen molar-refractivity contribution in [2.24, 2.45) is 5.92 Å². The third-order valence-electron chi connectivity index (χ3n) is 5.38. The van der Waals surface area contributed by atoms with E-state index in [1.165, 1.54) is 18.2 Å². The Bertz CT molecular complexity index is 967. The number of hydrogen-bond donors (Lipinski definition) is 3. The molecule has 0 aliphatic rings. The molecule has 0 radical (unpaired) electrons. The number of benzene rings is 1. The molecule has 0 heterocycles. The molecule has 0 bridgehead atoms. The first-order chi connectivity index (χ1) is 17.5. The third kappa shape index (κ3) is 14.0. The second kappa shape index (κ2) is 19.7. The van der Waals surface area contributed by atoms with Crippen LogP contribution in [0.25, 0.3) is 0 Å². The standard InChI is InChI=1S/C31H41NO4/c1-3-5-6-7-8-9-10-11-12-13-14-15-16-17-18-19-20-21-22-26(4-2)30(34)32-27-23-24-29(33)28(25-27)31(35)36/h5-6,8-9,11-12,14-15,17-18,20-21,23-26,33H,3-4,7,10,13,16,19,22H2,1-2H3,(H,32,34)(H,35,36). The fourth-order valence-electron chi connectivity index (χ4n) is 3.27. The first-order valence-electron chi connectivity index (χ1n) is 12.8. The highest BCUT2D eigenvalue weighted by molar-refractivity contribution is 5.96. The topological polar surface area (TPSA) is 86.6 Å². The van der Waals surface area contributed by atoms with Gasteiger partial charge in [-0.3, -0.25) is 4.79 Å². The van der Waals surface area contributed by atoms with Crippen molar-refractivity contribution in [3.8, 4) is 5.75 Å². The van der Waals surface area contributed by atoms with Crippen LogP contribution in [0.5, 0.6) is 5.75 Å². The van der Waals surface area contributed by atoms with E-state index in [0.717, 1.165) is 38.5 Å². The Balaban J connectivity index is 2.26. The van der Waals surface area contributed by atoms with Crippen LogP contribution in [-0.2, 0) is 4.79 Å². The molecule has 36 heavy (non-hydrogen) atoms. The molecule has 0 aliphatic heterocycles. The molecule has 3 N–H and O–H groups in total. The van der Waals surface area contributed by atoms with Gasteiger partial charge >= 0.3 is 5.97 Å². The smallest absolute Gasteiger partial charge is 0.339 e. The van der Waals surface area contributed by atoms with Gasteiger partial charge in [-0.2, -0.15) is 0 Å². The molecule has 0 fully saturated rings. The van der Waals surface area contributed by atoms with E-state index in [4.69, 9.17) is 5.11 Å². The molecule has 194 valence electrons. The zero-order valence-electron chi connectivity index (χ0n) is 21.6. The van der Waals surface area contributed by atoms with Crippen LogP contribution >= 0.6 is 0 Å². The first-order valence-corrected chi connectivity index (χ1v) is 12.8. The molecular formula is C31H41NO4. The number of aromatic hydroxyl groups is 1. The van der Waals surface area contributed by atoms with Crippen LogP contribution in [0.1, 0.15) is 75.6 Å². The fourth-order valence-corrected chi connectivity index (χ4v) is 3.27. The van der Waals surface area contributed by atoms with Crippen LogP contribution in [-0.4, -0.2) is 22.1 Å². The molecule has 0 saturated heterocycles. The summed E-state index contributed by atoms with van der Waals surface area (Å²) in [6.45, 7) is 4.09. The summed E-state index contributed by atoms with van der Waals surface area (Å²) in [6, 6.07) is 4.02. The van der Waals surface area contributed by atoms with Gasteiger partial charge in [-0.05, 0) is 69.6 Å². The molecular weight excluding hydrogens is 450 g/mol. The number of carbonyl (C=O) groups is 2. The Morgan fingerprint density at radius 1 is 0.778 bits per heavy atom. The average molecular weight is 492 g/mol. The van der Waals surface area contributed by atoms with E-state index in [1.807, 2.05) is 19.1 Å². The van der Waals surface area contributed by atoms with E-state index in [1.54, 1.807) is 0 Å². The highest BCUT2D eigenvalue weighted by Crippen LogP contribution is 2.22. The van der Waals surface area contributed by atoms with Crippen molar-refractivity contribution in [3.05, 3.63) is 96.7 Å². The minimum absolute atomic E-state index is 0.168. The van der Waals surface area contributed by atoms with Crippen LogP contribution in [0.2, 0.25) is 0 Å². The summed E-state index contributed by atoms with van der Waals surface area (Å²) in [7, 11) is 0. The van der Waals surface area contributed by atoms with E-state index in [0.29, 0.717) is 18.5 Å². The van der Waals surface area contributed by atoms with Gasteiger partial charge in [-0.1, -0.05) is 86.8 Å². The van der Waals surface area contributed by atoms with Crippen molar-refractivity contribution in [2.75, 3.05) is 5.32 Å². The first kappa shape index (κ1) is 30.4. The van der Waals surface area contributed by atoms with Crippen molar-refractivity contribution >= 4 is 17.6 Å². The molecule has 1 amide bonds. The lowest BCUT2D eigenvalue weighted by Gasteiger charge is -2.13. The second-order valence-corrected chi connectivity index (χ2v) is 8.28. The van der Waals surface area contributed by atoms with Gasteiger partial charge in [0.05, 0.1) is 0 Å². The number of carboxylic acids is 1. The summed E-state index contributed by atoms with van der Waals surface area (Å²) < 4.78 is 0. The van der Waals surface area contributed by atoms with E-state index in [-0.39, 0.29) is 23.1 Å². The van der Waals surface area contributed by atoms with E-state index >= 15 is 0 Å². The van der Waals surface area contributed by atoms with Gasteiger partial charge in [0.15, 0.2) is 0 Å². The third-order valence-corrected chi connectivity index (χ3v) is 5.38. The predicted molar refractivity (Wildman–Crippen MR) is 150 cm³/mol. The van der Waals surface area contributed by atoms with Crippen molar-refractivity contribution in [2.45, 2.75) is 65.2 Å². The fraction of sp³-hybridized carbons (Fsp3) is 0.355. The van der Waals surface area contributed by atoms with Crippen molar-refractivity contribution in [3.63, 3.8) is 0 Å². The molecule has 1 unspecified atom stereocenters. The Morgan fingerprint density at radius 3 is 1.69 bits per heavy atom. The van der Waals surface area contributed by atoms with Crippen LogP contribution in [0.15, 0.2) is 91.1 Å². The van der Waals surface area contributed by atoms with Gasteiger partial charge in [-0.15, -0.1) is 0 Å². The summed E-state index contributed by atoms with van der Waals surface area (Å²) in [6.07, 6.45) is 32.8. The van der Waals surface area contributed by atoms with Crippen LogP contribution < -0.4 is 5.32 Å². The highest BCUT2D eigenvalue weighted by atomic mass is 16.4. The van der Waals surface area contributed by atoms with Gasteiger partial charge in [-0.25, -0.2) is 4.79 Å². The number of carbonyl (C=O) groups excluding carboxylic acids is 1. The SMILES string of the molecule is CCC=CCC=CCC=CCC=CCC=CCC=CCC(CC)C(=O)Nc1ccc(O)c(C(=O)O)c1. The number of rotatable bonds is 17. The maximum Gasteiger partial charge on any atom is 0.339 e. The van der Waals surface area contributed by atoms with Crippen molar-refractivity contribution in [1.82, 2.24) is 0 Å². The normalized spacial score (nSPS) is 13.3. The molecule has 1 atom stereocenters. The quantitative estimate of drug-likeness (QED) is 0.152. The van der Waals surface area contributed by atoms with Gasteiger partial charge < -0.3 is 15.5 Å². The van der Waals surface area contributed by atoms with Gasteiger partial charge in [0.2, 0.25) is 5.91 Å². The molecule has 1 aromatic carbocycles.